The van der Waals surface area contributed by atoms with Crippen molar-refractivity contribution in [2.45, 2.75) is 38.1 Å². The zero-order valence-electron chi connectivity index (χ0n) is 19.2. The molecule has 35 heavy (non-hydrogen) atoms. The highest BCUT2D eigenvalue weighted by Crippen LogP contribution is 2.39. The molecule has 0 aliphatic carbocycles. The van der Waals surface area contributed by atoms with Crippen LogP contribution >= 0.6 is 23.2 Å². The van der Waals surface area contributed by atoms with Gasteiger partial charge in [-0.3, -0.25) is 13.9 Å². The monoisotopic (exact) mass is 531 g/mol. The number of hydrogen-bond acceptors (Lipinski definition) is 4. The van der Waals surface area contributed by atoms with E-state index < -0.39 is 34.3 Å². The summed E-state index contributed by atoms with van der Waals surface area (Å²) in [5, 5.41) is 5.97. The van der Waals surface area contributed by atoms with E-state index in [1.165, 1.54) is 12.1 Å². The molecule has 3 aromatic carbocycles. The number of rotatable bonds is 5. The van der Waals surface area contributed by atoms with E-state index in [0.29, 0.717) is 33.2 Å². The molecule has 1 aliphatic heterocycles. The van der Waals surface area contributed by atoms with Crippen LogP contribution in [0.2, 0.25) is 10.0 Å². The van der Waals surface area contributed by atoms with Crippen molar-refractivity contribution in [3.05, 3.63) is 81.3 Å². The van der Waals surface area contributed by atoms with Gasteiger partial charge >= 0.3 is 0 Å². The van der Waals surface area contributed by atoms with Crippen LogP contribution in [0.1, 0.15) is 23.1 Å². The molecule has 182 valence electrons. The molecule has 1 atom stereocenters. The topological polar surface area (TPSA) is 95.6 Å². The zero-order valence-corrected chi connectivity index (χ0v) is 21.6. The van der Waals surface area contributed by atoms with Crippen LogP contribution in [-0.2, 0) is 19.6 Å². The van der Waals surface area contributed by atoms with Crippen LogP contribution < -0.4 is 14.9 Å². The summed E-state index contributed by atoms with van der Waals surface area (Å²) in [5.41, 5.74) is 3.06. The first-order valence-electron chi connectivity index (χ1n) is 10.8. The maximum Gasteiger partial charge on any atom is 0.265 e. The Labute approximate surface area is 214 Å². The van der Waals surface area contributed by atoms with E-state index in [-0.39, 0.29) is 9.92 Å². The molecule has 10 heteroatoms. The number of halogens is 2. The Morgan fingerprint density at radius 3 is 2.31 bits per heavy atom. The van der Waals surface area contributed by atoms with Gasteiger partial charge in [-0.05, 0) is 62.2 Å². The molecule has 0 spiro atoms. The first-order valence-corrected chi connectivity index (χ1v) is 13.0. The molecule has 0 radical (unpaired) electrons. The summed E-state index contributed by atoms with van der Waals surface area (Å²) >= 11 is 12.0. The highest BCUT2D eigenvalue weighted by atomic mass is 35.5. The maximum atomic E-state index is 14.1. The third-order valence-corrected chi connectivity index (χ3v) is 8.56. The van der Waals surface area contributed by atoms with Crippen LogP contribution in [0.15, 0.2) is 59.5 Å². The van der Waals surface area contributed by atoms with Crippen molar-refractivity contribution in [1.82, 2.24) is 0 Å². The summed E-state index contributed by atoms with van der Waals surface area (Å²) in [5.74, 6) is -1.15. The zero-order chi connectivity index (χ0) is 25.5. The van der Waals surface area contributed by atoms with Crippen LogP contribution in [0.25, 0.3) is 0 Å². The summed E-state index contributed by atoms with van der Waals surface area (Å²) in [6.45, 7) is 5.32. The second-order valence-corrected chi connectivity index (χ2v) is 11.0. The van der Waals surface area contributed by atoms with Gasteiger partial charge < -0.3 is 10.6 Å². The molecule has 0 bridgehead atoms. The van der Waals surface area contributed by atoms with Crippen LogP contribution in [0.4, 0.5) is 17.1 Å². The Balaban J connectivity index is 1.76. The number of para-hydroxylation sites is 2. The Morgan fingerprint density at radius 2 is 1.66 bits per heavy atom. The Morgan fingerprint density at radius 1 is 1.00 bits per heavy atom. The Hall–Kier alpha value is -3.07. The van der Waals surface area contributed by atoms with Gasteiger partial charge in [-0.25, -0.2) is 8.42 Å². The number of nitrogens with one attached hydrogen (secondary N) is 2. The SMILES string of the molecule is Cc1cc(C)c(S(=O)(=O)N2c3ccccc3NC(=O)C2CC(=O)Nc2ccc(Cl)c(Cl)c2)c(C)c1. The quantitative estimate of drug-likeness (QED) is 0.456. The Kier molecular flexibility index (Phi) is 6.81. The number of sulfonamides is 1. The van der Waals surface area contributed by atoms with E-state index in [9.17, 15) is 18.0 Å². The number of aryl methyl sites for hydroxylation is 3. The van der Waals surface area contributed by atoms with Crippen LogP contribution in [0.5, 0.6) is 0 Å². The molecule has 0 saturated carbocycles. The third kappa shape index (κ3) is 4.87. The molecule has 0 fully saturated rings. The average Bonchev–Trinajstić information content (AvgIpc) is 2.75. The van der Waals surface area contributed by atoms with Crippen molar-refractivity contribution in [3.63, 3.8) is 0 Å². The molecule has 0 saturated heterocycles. The first kappa shape index (κ1) is 25.0. The van der Waals surface area contributed by atoms with E-state index in [2.05, 4.69) is 10.6 Å². The predicted molar refractivity (Wildman–Crippen MR) is 139 cm³/mol. The minimum atomic E-state index is -4.21. The van der Waals surface area contributed by atoms with Gasteiger partial charge in [0.2, 0.25) is 11.8 Å². The number of benzene rings is 3. The van der Waals surface area contributed by atoms with Gasteiger partial charge in [0.15, 0.2) is 0 Å². The first-order chi connectivity index (χ1) is 16.5. The number of carbonyl (C=O) groups excluding carboxylic acids is 2. The standard InChI is InChI=1S/C25H23Cl2N3O4S/c1-14-10-15(2)24(16(3)11-14)35(33,34)30-21-7-5-4-6-20(21)29-25(32)22(30)13-23(31)28-17-8-9-18(26)19(27)12-17/h4-12,22H,13H2,1-3H3,(H,28,31)(H,29,32). The number of amides is 2. The second-order valence-electron chi connectivity index (χ2n) is 8.43. The number of carbonyl (C=O) groups is 2. The van der Waals surface area contributed by atoms with Crippen LogP contribution in [-0.4, -0.2) is 26.3 Å². The van der Waals surface area contributed by atoms with E-state index >= 15 is 0 Å². The van der Waals surface area contributed by atoms with Gasteiger partial charge in [-0.2, -0.15) is 0 Å². The lowest BCUT2D eigenvalue weighted by Crippen LogP contribution is -2.52. The highest BCUT2D eigenvalue weighted by molar-refractivity contribution is 7.93. The molecule has 2 N–H and O–H groups in total. The van der Waals surface area contributed by atoms with E-state index in [1.54, 1.807) is 56.3 Å². The van der Waals surface area contributed by atoms with Crippen molar-refractivity contribution in [2.24, 2.45) is 0 Å². The molecule has 7 nitrogen and oxygen atoms in total. The summed E-state index contributed by atoms with van der Waals surface area (Å²) in [7, 11) is -4.21. The molecule has 2 amide bonds. The largest absolute Gasteiger partial charge is 0.326 e. The molecule has 0 aromatic heterocycles. The molecule has 3 aromatic rings. The summed E-state index contributed by atoms with van der Waals surface area (Å²) in [6.07, 6.45) is -0.413. The van der Waals surface area contributed by atoms with Crippen LogP contribution in [0, 0.1) is 20.8 Å². The van der Waals surface area contributed by atoms with Gasteiger partial charge in [0.1, 0.15) is 6.04 Å². The van der Waals surface area contributed by atoms with Crippen molar-refractivity contribution >= 4 is 62.1 Å². The maximum absolute atomic E-state index is 14.1. The van der Waals surface area contributed by atoms with E-state index in [1.807, 2.05) is 6.92 Å². The summed E-state index contributed by atoms with van der Waals surface area (Å²) in [6, 6.07) is 13.4. The molecule has 1 unspecified atom stereocenters. The molecular formula is C25H23Cl2N3O4S. The van der Waals surface area contributed by atoms with E-state index in [4.69, 9.17) is 23.2 Å². The normalized spacial score (nSPS) is 15.4. The minimum absolute atomic E-state index is 0.113. The van der Waals surface area contributed by atoms with Gasteiger partial charge in [-0.15, -0.1) is 0 Å². The molecular weight excluding hydrogens is 509 g/mol. The Bertz CT molecular complexity index is 1430. The fourth-order valence-corrected chi connectivity index (χ4v) is 6.72. The molecule has 1 aliphatic rings. The smallest absolute Gasteiger partial charge is 0.265 e. The minimum Gasteiger partial charge on any atom is -0.326 e. The fourth-order valence-electron chi connectivity index (χ4n) is 4.37. The lowest BCUT2D eigenvalue weighted by molar-refractivity contribution is -0.122. The second kappa shape index (κ2) is 9.53. The van der Waals surface area contributed by atoms with Crippen molar-refractivity contribution < 1.29 is 18.0 Å². The molecule has 4 rings (SSSR count). The molecule has 1 heterocycles. The summed E-state index contributed by atoms with van der Waals surface area (Å²) in [4.78, 5) is 26.2. The van der Waals surface area contributed by atoms with E-state index in [0.717, 1.165) is 9.87 Å². The third-order valence-electron chi connectivity index (χ3n) is 5.69. The number of hydrogen-bond donors (Lipinski definition) is 2. The lowest BCUT2D eigenvalue weighted by Gasteiger charge is -2.37. The van der Waals surface area contributed by atoms with Gasteiger partial charge in [0.05, 0.1) is 32.7 Å². The van der Waals surface area contributed by atoms with Crippen molar-refractivity contribution in [1.29, 1.82) is 0 Å². The van der Waals surface area contributed by atoms with Gasteiger partial charge in [0, 0.05) is 5.69 Å². The van der Waals surface area contributed by atoms with Crippen molar-refractivity contribution in [2.75, 3.05) is 14.9 Å². The average molecular weight is 532 g/mol. The van der Waals surface area contributed by atoms with Gasteiger partial charge in [0.25, 0.3) is 10.0 Å². The van der Waals surface area contributed by atoms with Crippen LogP contribution in [0.3, 0.4) is 0 Å². The van der Waals surface area contributed by atoms with Crippen molar-refractivity contribution in [3.8, 4) is 0 Å². The summed E-state index contributed by atoms with van der Waals surface area (Å²) < 4.78 is 29.2. The number of fused-ring (bicyclic) bond motifs is 1. The number of anilines is 3. The lowest BCUT2D eigenvalue weighted by atomic mass is 10.1. The highest BCUT2D eigenvalue weighted by Gasteiger charge is 2.43. The van der Waals surface area contributed by atoms with Gasteiger partial charge in [-0.1, -0.05) is 53.0 Å². The number of nitrogens with zero attached hydrogens (tertiary/aromatic N) is 1. The fraction of sp³-hybridized carbons (Fsp3) is 0.200. The predicted octanol–water partition coefficient (Wildman–Crippen LogP) is 5.46.